The van der Waals surface area contributed by atoms with Gasteiger partial charge in [-0.1, -0.05) is 24.3 Å². The molecule has 140 valence electrons. The van der Waals surface area contributed by atoms with E-state index in [2.05, 4.69) is 52.0 Å². The van der Waals surface area contributed by atoms with E-state index in [1.165, 1.54) is 43.0 Å². The summed E-state index contributed by atoms with van der Waals surface area (Å²) in [5.41, 5.74) is 8.82. The fourth-order valence-corrected chi connectivity index (χ4v) is 10.7. The minimum absolute atomic E-state index is 1.03. The van der Waals surface area contributed by atoms with Crippen molar-refractivity contribution in [3.8, 4) is 22.8 Å². The number of hydrogen-bond donors (Lipinski definition) is 0. The molecule has 0 N–H and O–H groups in total. The summed E-state index contributed by atoms with van der Waals surface area (Å²) in [6.45, 7) is 8.49. The normalized spacial score (nSPS) is 14.5. The van der Waals surface area contributed by atoms with E-state index in [0.717, 1.165) is 22.8 Å². The van der Waals surface area contributed by atoms with Crippen molar-refractivity contribution in [3.05, 3.63) is 71.3 Å². The second-order valence-electron chi connectivity index (χ2n) is 8.39. The minimum Gasteiger partial charge on any atom is -0.254 e. The third-order valence-corrected chi connectivity index (χ3v) is 10.9. The van der Waals surface area contributed by atoms with Crippen molar-refractivity contribution in [1.29, 1.82) is 0 Å². The van der Waals surface area contributed by atoms with Crippen molar-refractivity contribution in [2.45, 2.75) is 27.7 Å². The lowest BCUT2D eigenvalue weighted by Gasteiger charge is -2.27. The van der Waals surface area contributed by atoms with Crippen LogP contribution in [0.1, 0.15) is 22.3 Å². The molecule has 0 saturated heterocycles. The summed E-state index contributed by atoms with van der Waals surface area (Å²) in [6, 6.07) is 9.31. The highest BCUT2D eigenvalue weighted by Crippen LogP contribution is 2.33. The van der Waals surface area contributed by atoms with Crippen LogP contribution < -0.4 is 20.7 Å². The second-order valence-corrected chi connectivity index (χ2v) is 12.0. The monoisotopic (exact) mass is 392 g/mol. The predicted molar refractivity (Wildman–Crippen MR) is 118 cm³/mol. The van der Waals surface area contributed by atoms with Crippen LogP contribution in [0.4, 0.5) is 0 Å². The van der Waals surface area contributed by atoms with Crippen LogP contribution in [0.25, 0.3) is 22.8 Å². The summed E-state index contributed by atoms with van der Waals surface area (Å²) >= 11 is 0. The molecular weight excluding hydrogens is 372 g/mol. The van der Waals surface area contributed by atoms with Crippen LogP contribution in [0.5, 0.6) is 0 Å². The number of fused-ring (bicyclic) bond motifs is 10. The molecule has 0 amide bonds. The van der Waals surface area contributed by atoms with Crippen LogP contribution in [0, 0.1) is 27.7 Å². The maximum Gasteiger partial charge on any atom is 0.189 e. The smallest absolute Gasteiger partial charge is 0.189 e. The van der Waals surface area contributed by atoms with Gasteiger partial charge in [0, 0.05) is 24.8 Å². The summed E-state index contributed by atoms with van der Waals surface area (Å²) in [6.07, 6.45) is 7.82. The number of aryl methyl sites for hydroxylation is 4. The van der Waals surface area contributed by atoms with Gasteiger partial charge in [0.1, 0.15) is 0 Å². The Kier molecular flexibility index (Phi) is 3.15. The number of hydrogen-bond acceptors (Lipinski definition) is 4. The van der Waals surface area contributed by atoms with E-state index in [-0.39, 0.29) is 0 Å². The largest absolute Gasteiger partial charge is 0.254 e. The minimum atomic E-state index is -2.53. The van der Waals surface area contributed by atoms with Crippen molar-refractivity contribution < 1.29 is 0 Å². The molecule has 4 nitrogen and oxygen atoms in total. The van der Waals surface area contributed by atoms with Gasteiger partial charge in [0.2, 0.25) is 0 Å². The maximum absolute atomic E-state index is 4.87. The molecule has 0 aliphatic carbocycles. The summed E-state index contributed by atoms with van der Waals surface area (Å²) in [5.74, 6) is 0. The first-order chi connectivity index (χ1) is 14.0. The molecule has 0 unspecified atom stereocenters. The standard InChI is InChI=1S/C24H20N4Si/c1-13-5-17-21(25-9-13)22-18(6-14(2)10-26-22)29(17)19-7-15(3)11-27-23(19)24-20(29)8-16(4)12-28-24/h5-12H,1-4H3. The molecule has 4 aromatic heterocycles. The van der Waals surface area contributed by atoms with Gasteiger partial charge in [-0.15, -0.1) is 0 Å². The number of pyridine rings is 4. The Hall–Kier alpha value is -3.18. The zero-order valence-corrected chi connectivity index (χ0v) is 17.9. The molecule has 6 rings (SSSR count). The zero-order chi connectivity index (χ0) is 19.9. The zero-order valence-electron chi connectivity index (χ0n) is 16.9. The fourth-order valence-electron chi connectivity index (χ4n) is 5.05. The van der Waals surface area contributed by atoms with Gasteiger partial charge < -0.3 is 0 Å². The second kappa shape index (κ2) is 5.45. The lowest BCUT2D eigenvalue weighted by atomic mass is 10.2. The van der Waals surface area contributed by atoms with E-state index in [0.29, 0.717) is 0 Å². The molecular formula is C24H20N4Si. The number of rotatable bonds is 0. The molecule has 2 aliphatic rings. The Morgan fingerprint density at radius 3 is 0.931 bits per heavy atom. The molecule has 0 radical (unpaired) electrons. The average Bonchev–Trinajstić information content (AvgIpc) is 3.13. The molecule has 0 fully saturated rings. The molecule has 5 heteroatoms. The highest BCUT2D eigenvalue weighted by Gasteiger charge is 2.56. The lowest BCUT2D eigenvalue weighted by Crippen LogP contribution is -2.71. The van der Waals surface area contributed by atoms with E-state index in [1.807, 2.05) is 24.8 Å². The summed E-state index contributed by atoms with van der Waals surface area (Å²) < 4.78 is 0. The summed E-state index contributed by atoms with van der Waals surface area (Å²) in [5, 5.41) is 5.30. The molecule has 4 aromatic rings. The van der Waals surface area contributed by atoms with E-state index in [4.69, 9.17) is 19.9 Å². The van der Waals surface area contributed by atoms with Crippen molar-refractivity contribution in [2.75, 3.05) is 0 Å². The summed E-state index contributed by atoms with van der Waals surface area (Å²) in [7, 11) is -2.53. The van der Waals surface area contributed by atoms with Crippen molar-refractivity contribution >= 4 is 28.8 Å². The molecule has 29 heavy (non-hydrogen) atoms. The first-order valence-corrected chi connectivity index (χ1v) is 11.9. The molecule has 0 atom stereocenters. The Morgan fingerprint density at radius 2 is 0.690 bits per heavy atom. The van der Waals surface area contributed by atoms with E-state index in [1.54, 1.807) is 0 Å². The SMILES string of the molecule is Cc1cnc2c(c1)[Si]1(c3cc(C)cnc3-2)c2cc(C)cnc2-c2ncc(C)cc21. The summed E-state index contributed by atoms with van der Waals surface area (Å²) in [4.78, 5) is 19.5. The Balaban J connectivity index is 1.88. The highest BCUT2D eigenvalue weighted by atomic mass is 28.3. The van der Waals surface area contributed by atoms with Crippen LogP contribution in [0.15, 0.2) is 49.1 Å². The van der Waals surface area contributed by atoms with Crippen molar-refractivity contribution in [2.24, 2.45) is 0 Å². The molecule has 0 saturated carbocycles. The van der Waals surface area contributed by atoms with Crippen LogP contribution in [0.2, 0.25) is 0 Å². The van der Waals surface area contributed by atoms with Gasteiger partial charge in [-0.25, -0.2) is 0 Å². The van der Waals surface area contributed by atoms with Gasteiger partial charge in [-0.2, -0.15) is 0 Å². The predicted octanol–water partition coefficient (Wildman–Crippen LogP) is 1.84. The van der Waals surface area contributed by atoms with Crippen LogP contribution in [-0.2, 0) is 0 Å². The number of aromatic nitrogens is 4. The Labute approximate surface area is 170 Å². The van der Waals surface area contributed by atoms with Gasteiger partial charge in [-0.3, -0.25) is 19.9 Å². The van der Waals surface area contributed by atoms with Gasteiger partial charge in [-0.05, 0) is 70.7 Å². The molecule has 0 bridgehead atoms. The van der Waals surface area contributed by atoms with Crippen molar-refractivity contribution in [1.82, 2.24) is 19.9 Å². The van der Waals surface area contributed by atoms with Crippen LogP contribution >= 0.6 is 0 Å². The topological polar surface area (TPSA) is 51.6 Å². The van der Waals surface area contributed by atoms with Gasteiger partial charge in [0.05, 0.1) is 22.8 Å². The first kappa shape index (κ1) is 16.7. The Bertz CT molecular complexity index is 1150. The first-order valence-electron chi connectivity index (χ1n) is 9.89. The fraction of sp³-hybridized carbons (Fsp3) is 0.167. The van der Waals surface area contributed by atoms with E-state index in [9.17, 15) is 0 Å². The van der Waals surface area contributed by atoms with Crippen LogP contribution in [-0.4, -0.2) is 28.0 Å². The molecule has 6 heterocycles. The molecule has 0 aromatic carbocycles. The van der Waals surface area contributed by atoms with Gasteiger partial charge in [0.25, 0.3) is 0 Å². The third kappa shape index (κ3) is 1.98. The Morgan fingerprint density at radius 1 is 0.448 bits per heavy atom. The molecule has 2 aliphatic heterocycles. The highest BCUT2D eigenvalue weighted by molar-refractivity contribution is 7.24. The maximum atomic E-state index is 4.87. The molecule has 1 spiro atoms. The quantitative estimate of drug-likeness (QED) is 0.370. The van der Waals surface area contributed by atoms with Gasteiger partial charge >= 0.3 is 0 Å². The van der Waals surface area contributed by atoms with Crippen molar-refractivity contribution in [3.63, 3.8) is 0 Å². The average molecular weight is 393 g/mol. The van der Waals surface area contributed by atoms with E-state index < -0.39 is 8.07 Å². The lowest BCUT2D eigenvalue weighted by molar-refractivity contribution is 1.23. The third-order valence-electron chi connectivity index (χ3n) is 6.16. The van der Waals surface area contributed by atoms with Gasteiger partial charge in [0.15, 0.2) is 8.07 Å². The number of nitrogens with zero attached hydrogens (tertiary/aromatic N) is 4. The van der Waals surface area contributed by atoms with E-state index >= 15 is 0 Å². The van der Waals surface area contributed by atoms with Crippen LogP contribution in [0.3, 0.4) is 0 Å².